The number of nitrogens with two attached hydrogens (primary N) is 1. The average molecular weight is 263 g/mol. The molecule has 1 aromatic carbocycles. The largest absolute Gasteiger partial charge is 0.350 e. The first kappa shape index (κ1) is 15.7. The van der Waals surface area contributed by atoms with E-state index < -0.39 is 0 Å². The molecular formula is C15H25N3O. The Morgan fingerprint density at radius 2 is 1.84 bits per heavy atom. The van der Waals surface area contributed by atoms with Gasteiger partial charge in [-0.05, 0) is 37.7 Å². The summed E-state index contributed by atoms with van der Waals surface area (Å²) in [4.78, 5) is 14.2. The topological polar surface area (TPSA) is 58.4 Å². The van der Waals surface area contributed by atoms with Crippen molar-refractivity contribution in [1.29, 1.82) is 0 Å². The molecule has 1 rings (SSSR count). The minimum atomic E-state index is -0.0314. The minimum Gasteiger partial charge on any atom is -0.350 e. The lowest BCUT2D eigenvalue weighted by Gasteiger charge is -2.28. The van der Waals surface area contributed by atoms with Crippen LogP contribution in [0.15, 0.2) is 24.3 Å². The van der Waals surface area contributed by atoms with E-state index in [4.69, 9.17) is 5.73 Å². The van der Waals surface area contributed by atoms with Gasteiger partial charge in [0.15, 0.2) is 0 Å². The van der Waals surface area contributed by atoms with Crippen molar-refractivity contribution in [3.05, 3.63) is 35.4 Å². The van der Waals surface area contributed by atoms with Gasteiger partial charge < -0.3 is 16.0 Å². The summed E-state index contributed by atoms with van der Waals surface area (Å²) in [6, 6.07) is 7.75. The van der Waals surface area contributed by atoms with Gasteiger partial charge in [0.25, 0.3) is 5.91 Å². The molecule has 4 heteroatoms. The first-order chi connectivity index (χ1) is 8.95. The van der Waals surface area contributed by atoms with Crippen molar-refractivity contribution < 1.29 is 4.79 Å². The highest BCUT2D eigenvalue weighted by Gasteiger charge is 2.16. The standard InChI is InChI=1S/C15H25N3O/c1-11(2)14(18(3)4)10-17-15(19)13-7-5-12(9-16)6-8-13/h5-8,11,14H,9-10,16H2,1-4H3,(H,17,19). The van der Waals surface area contributed by atoms with Crippen molar-refractivity contribution in [3.8, 4) is 0 Å². The number of hydrogen-bond donors (Lipinski definition) is 2. The van der Waals surface area contributed by atoms with Crippen molar-refractivity contribution in [3.63, 3.8) is 0 Å². The molecule has 0 aliphatic heterocycles. The van der Waals surface area contributed by atoms with Crippen molar-refractivity contribution in [2.75, 3.05) is 20.6 Å². The van der Waals surface area contributed by atoms with Crippen LogP contribution in [0, 0.1) is 5.92 Å². The summed E-state index contributed by atoms with van der Waals surface area (Å²) in [6.45, 7) is 5.47. The molecule has 0 fully saturated rings. The third-order valence-electron chi connectivity index (χ3n) is 3.36. The summed E-state index contributed by atoms with van der Waals surface area (Å²) in [7, 11) is 4.07. The zero-order valence-corrected chi connectivity index (χ0v) is 12.3. The SMILES string of the molecule is CC(C)C(CNC(=O)c1ccc(CN)cc1)N(C)C. The lowest BCUT2D eigenvalue weighted by Crippen LogP contribution is -2.43. The molecule has 0 aliphatic carbocycles. The molecule has 0 aromatic heterocycles. The number of carbonyl (C=O) groups excluding carboxylic acids is 1. The first-order valence-corrected chi connectivity index (χ1v) is 6.69. The number of amides is 1. The second-order valence-electron chi connectivity index (χ2n) is 5.39. The Labute approximate surface area is 116 Å². The molecule has 106 valence electrons. The summed E-state index contributed by atoms with van der Waals surface area (Å²) in [5, 5.41) is 2.99. The quantitative estimate of drug-likeness (QED) is 0.817. The van der Waals surface area contributed by atoms with Crippen molar-refractivity contribution in [2.24, 2.45) is 11.7 Å². The predicted molar refractivity (Wildman–Crippen MR) is 79.0 cm³/mol. The van der Waals surface area contributed by atoms with Crippen LogP contribution in [-0.4, -0.2) is 37.5 Å². The fourth-order valence-corrected chi connectivity index (χ4v) is 2.11. The first-order valence-electron chi connectivity index (χ1n) is 6.69. The van der Waals surface area contributed by atoms with E-state index in [1.165, 1.54) is 0 Å². The van der Waals surface area contributed by atoms with Crippen LogP contribution in [0.5, 0.6) is 0 Å². The van der Waals surface area contributed by atoms with Crippen LogP contribution in [-0.2, 0) is 6.54 Å². The highest BCUT2D eigenvalue weighted by molar-refractivity contribution is 5.94. The molecule has 1 unspecified atom stereocenters. The third-order valence-corrected chi connectivity index (χ3v) is 3.36. The van der Waals surface area contributed by atoms with Gasteiger partial charge in [-0.3, -0.25) is 4.79 Å². The Hall–Kier alpha value is -1.39. The highest BCUT2D eigenvalue weighted by atomic mass is 16.1. The highest BCUT2D eigenvalue weighted by Crippen LogP contribution is 2.07. The Kier molecular flexibility index (Phi) is 5.99. The number of carbonyl (C=O) groups is 1. The maximum Gasteiger partial charge on any atom is 0.251 e. The van der Waals surface area contributed by atoms with Gasteiger partial charge in [-0.25, -0.2) is 0 Å². The Morgan fingerprint density at radius 1 is 1.26 bits per heavy atom. The van der Waals surface area contributed by atoms with Crippen LogP contribution < -0.4 is 11.1 Å². The molecule has 0 aliphatic rings. The van der Waals surface area contributed by atoms with Crippen molar-refractivity contribution >= 4 is 5.91 Å². The van der Waals surface area contributed by atoms with Crippen molar-refractivity contribution in [1.82, 2.24) is 10.2 Å². The zero-order valence-electron chi connectivity index (χ0n) is 12.3. The maximum atomic E-state index is 12.0. The van der Waals surface area contributed by atoms with Gasteiger partial charge in [-0.15, -0.1) is 0 Å². The number of likely N-dealkylation sites (N-methyl/N-ethyl adjacent to an activating group) is 1. The summed E-state index contributed by atoms with van der Waals surface area (Å²) in [5.41, 5.74) is 7.25. The Balaban J connectivity index is 2.58. The van der Waals surface area contributed by atoms with Crippen LogP contribution in [0.25, 0.3) is 0 Å². The second-order valence-corrected chi connectivity index (χ2v) is 5.39. The van der Waals surface area contributed by atoms with Crippen LogP contribution >= 0.6 is 0 Å². The van der Waals surface area contributed by atoms with Gasteiger partial charge in [0.05, 0.1) is 0 Å². The zero-order chi connectivity index (χ0) is 14.4. The van der Waals surface area contributed by atoms with E-state index in [-0.39, 0.29) is 5.91 Å². The van der Waals surface area contributed by atoms with Crippen LogP contribution in [0.1, 0.15) is 29.8 Å². The Morgan fingerprint density at radius 3 is 2.26 bits per heavy atom. The normalized spacial score (nSPS) is 12.8. The van der Waals surface area contributed by atoms with E-state index >= 15 is 0 Å². The molecule has 0 spiro atoms. The number of nitrogens with zero attached hydrogens (tertiary/aromatic N) is 1. The average Bonchev–Trinajstić information content (AvgIpc) is 2.38. The smallest absolute Gasteiger partial charge is 0.251 e. The third kappa shape index (κ3) is 4.65. The van der Waals surface area contributed by atoms with Crippen LogP contribution in [0.4, 0.5) is 0 Å². The van der Waals surface area contributed by atoms with Gasteiger partial charge in [-0.1, -0.05) is 26.0 Å². The second kappa shape index (κ2) is 7.26. The van der Waals surface area contributed by atoms with E-state index in [1.54, 1.807) is 0 Å². The summed E-state index contributed by atoms with van der Waals surface area (Å²) in [6.07, 6.45) is 0. The monoisotopic (exact) mass is 263 g/mol. The van der Waals surface area contributed by atoms with Crippen molar-refractivity contribution in [2.45, 2.75) is 26.4 Å². The van der Waals surface area contributed by atoms with Gasteiger partial charge in [0.1, 0.15) is 0 Å². The van der Waals surface area contributed by atoms with E-state index in [9.17, 15) is 4.79 Å². The van der Waals surface area contributed by atoms with E-state index in [0.717, 1.165) is 5.56 Å². The molecule has 1 aromatic rings. The van der Waals surface area contributed by atoms with Gasteiger partial charge in [-0.2, -0.15) is 0 Å². The molecule has 0 heterocycles. The van der Waals surface area contributed by atoms with Gasteiger partial charge in [0, 0.05) is 24.7 Å². The number of nitrogens with one attached hydrogen (secondary N) is 1. The molecule has 0 saturated carbocycles. The number of benzene rings is 1. The van der Waals surface area contributed by atoms with Crippen LogP contribution in [0.3, 0.4) is 0 Å². The summed E-state index contributed by atoms with van der Waals surface area (Å²) < 4.78 is 0. The molecule has 0 radical (unpaired) electrons. The molecule has 3 N–H and O–H groups in total. The molecule has 1 amide bonds. The van der Waals surface area contributed by atoms with E-state index in [0.29, 0.717) is 30.6 Å². The molecule has 0 bridgehead atoms. The predicted octanol–water partition coefficient (Wildman–Crippen LogP) is 1.46. The Bertz CT molecular complexity index is 390. The fraction of sp³-hybridized carbons (Fsp3) is 0.533. The molecular weight excluding hydrogens is 238 g/mol. The van der Waals surface area contributed by atoms with Gasteiger partial charge in [0.2, 0.25) is 0 Å². The molecule has 0 saturated heterocycles. The lowest BCUT2D eigenvalue weighted by molar-refractivity contribution is 0.0934. The summed E-state index contributed by atoms with van der Waals surface area (Å²) in [5.74, 6) is 0.464. The molecule has 19 heavy (non-hydrogen) atoms. The van der Waals surface area contributed by atoms with E-state index in [2.05, 4.69) is 24.1 Å². The lowest BCUT2D eigenvalue weighted by atomic mass is 10.0. The summed E-state index contributed by atoms with van der Waals surface area (Å²) >= 11 is 0. The molecule has 4 nitrogen and oxygen atoms in total. The van der Waals surface area contributed by atoms with E-state index in [1.807, 2.05) is 38.4 Å². The number of hydrogen-bond acceptors (Lipinski definition) is 3. The molecule has 1 atom stereocenters. The number of rotatable bonds is 6. The minimum absolute atomic E-state index is 0.0314. The van der Waals surface area contributed by atoms with Crippen LogP contribution in [0.2, 0.25) is 0 Å². The fourth-order valence-electron chi connectivity index (χ4n) is 2.11. The van der Waals surface area contributed by atoms with Gasteiger partial charge >= 0.3 is 0 Å². The maximum absolute atomic E-state index is 12.0.